The molecule has 1 unspecified atom stereocenters. The van der Waals surface area contributed by atoms with Gasteiger partial charge in [0.05, 0.1) is 5.60 Å². The number of allylic oxidation sites excluding steroid dienone is 2. The first kappa shape index (κ1) is 39.2. The van der Waals surface area contributed by atoms with E-state index in [1.165, 1.54) is 5.57 Å². The normalized spacial score (nSPS) is 32.3. The Bertz CT molecular complexity index is 1110. The van der Waals surface area contributed by atoms with Crippen LogP contribution in [-0.4, -0.2) is 66.6 Å². The van der Waals surface area contributed by atoms with Crippen LogP contribution in [0.25, 0.3) is 0 Å². The second kappa shape index (κ2) is 15.1. The maximum Gasteiger partial charge on any atom is 0.338 e. The van der Waals surface area contributed by atoms with Crippen molar-refractivity contribution in [2.75, 3.05) is 7.11 Å². The van der Waals surface area contributed by atoms with E-state index in [0.717, 1.165) is 12.8 Å². The van der Waals surface area contributed by atoms with Crippen molar-refractivity contribution >= 4 is 30.0 Å². The highest BCUT2D eigenvalue weighted by Gasteiger charge is 2.55. The number of fused-ring (bicyclic) bond motifs is 1. The maximum atomic E-state index is 14.0. The van der Waals surface area contributed by atoms with E-state index in [4.69, 9.17) is 23.1 Å². The Labute approximate surface area is 284 Å². The summed E-state index contributed by atoms with van der Waals surface area (Å²) in [5.74, 6) is -0.250. The van der Waals surface area contributed by atoms with Gasteiger partial charge in [0.2, 0.25) is 0 Å². The second-order valence-corrected chi connectivity index (χ2v) is 21.6. The fourth-order valence-electron chi connectivity index (χ4n) is 8.06. The predicted molar refractivity (Wildman–Crippen MR) is 191 cm³/mol. The van der Waals surface area contributed by atoms with E-state index in [-0.39, 0.29) is 58.6 Å². The third kappa shape index (κ3) is 8.47. The first-order chi connectivity index (χ1) is 21.2. The average molecular weight is 679 g/mol. The molecule has 0 saturated carbocycles. The Morgan fingerprint density at radius 2 is 1.63 bits per heavy atom. The molecule has 3 rings (SSSR count). The predicted octanol–water partition coefficient (Wildman–Crippen LogP) is 7.78. The molecule has 1 aliphatic heterocycles. The van der Waals surface area contributed by atoms with Gasteiger partial charge in [-0.05, 0) is 87.0 Å². The van der Waals surface area contributed by atoms with Gasteiger partial charge < -0.3 is 23.1 Å². The van der Waals surface area contributed by atoms with Crippen molar-refractivity contribution < 1.29 is 32.7 Å². The number of rotatable bonds is 12. The second-order valence-electron chi connectivity index (χ2n) is 16.9. The highest BCUT2D eigenvalue weighted by Crippen LogP contribution is 2.53. The van der Waals surface area contributed by atoms with Gasteiger partial charge in [-0.1, -0.05) is 80.5 Å². The minimum Gasteiger partial charge on any atom is -0.460 e. The molecule has 1 saturated heterocycles. The lowest BCUT2D eigenvalue weighted by molar-refractivity contribution is -0.188. The zero-order valence-corrected chi connectivity index (χ0v) is 33.8. The fraction of sp³-hybridized carbons (Fsp3) is 0.838. The third-order valence-corrected chi connectivity index (χ3v) is 12.7. The summed E-state index contributed by atoms with van der Waals surface area (Å²) in [6.45, 7) is 28.2. The summed E-state index contributed by atoms with van der Waals surface area (Å²) < 4.78 is 32.1. The average Bonchev–Trinajstić information content (AvgIpc) is 2.94. The Hall–Kier alpha value is -1.27. The number of hydrogen-bond donors (Lipinski definition) is 0. The quantitative estimate of drug-likeness (QED) is 0.154. The number of methoxy groups -OCH3 is 1. The van der Waals surface area contributed by atoms with Crippen LogP contribution in [0.3, 0.4) is 0 Å². The first-order valence-electron chi connectivity index (χ1n) is 17.9. The summed E-state index contributed by atoms with van der Waals surface area (Å²) in [4.78, 5) is 27.4. The van der Waals surface area contributed by atoms with Crippen LogP contribution in [0.15, 0.2) is 23.8 Å². The molecule has 0 bridgehead atoms. The monoisotopic (exact) mass is 678 g/mol. The molecule has 0 radical (unpaired) electrons. The lowest BCUT2D eigenvalue weighted by atomic mass is 9.59. The van der Waals surface area contributed by atoms with Gasteiger partial charge in [0.1, 0.15) is 18.3 Å². The van der Waals surface area contributed by atoms with Crippen LogP contribution in [0, 0.1) is 34.5 Å². The molecule has 0 aromatic rings. The van der Waals surface area contributed by atoms with E-state index in [9.17, 15) is 9.59 Å². The number of cyclic esters (lactones) is 1. The van der Waals surface area contributed by atoms with Gasteiger partial charge in [0, 0.05) is 24.9 Å². The SMILES string of the molecule is CCC(CC)(OC)C(=O)O[C@H]1C[C@H](C(C)(C)C)C=C2C=C[C@H](C)[C@](CC[C@@H]3C[C@H](C(C)(C)C)C(O[SiH](C)C)C(=O)O3)(O[SiH](C)C)[C@H]21. The molecule has 0 amide bonds. The molecule has 0 spiro atoms. The van der Waals surface area contributed by atoms with Crippen molar-refractivity contribution in [2.45, 2.75) is 157 Å². The van der Waals surface area contributed by atoms with Crippen molar-refractivity contribution in [3.05, 3.63) is 23.8 Å². The fourth-order valence-corrected chi connectivity index (χ4v) is 10.3. The van der Waals surface area contributed by atoms with Crippen molar-refractivity contribution in [1.29, 1.82) is 0 Å². The van der Waals surface area contributed by atoms with Crippen LogP contribution < -0.4 is 0 Å². The number of hydrogen-bond acceptors (Lipinski definition) is 7. The summed E-state index contributed by atoms with van der Waals surface area (Å²) >= 11 is 0. The van der Waals surface area contributed by atoms with E-state index in [0.29, 0.717) is 25.7 Å². The van der Waals surface area contributed by atoms with Crippen LogP contribution in [0.1, 0.15) is 101 Å². The molecule has 264 valence electrons. The zero-order chi connectivity index (χ0) is 34.8. The van der Waals surface area contributed by atoms with E-state index in [1.54, 1.807) is 7.11 Å². The summed E-state index contributed by atoms with van der Waals surface area (Å²) in [5.41, 5.74) is -0.472. The summed E-state index contributed by atoms with van der Waals surface area (Å²) in [5, 5.41) is 0. The molecule has 0 aromatic heterocycles. The van der Waals surface area contributed by atoms with Crippen molar-refractivity contribution in [1.82, 2.24) is 0 Å². The van der Waals surface area contributed by atoms with Gasteiger partial charge in [-0.25, -0.2) is 9.59 Å². The summed E-state index contributed by atoms with van der Waals surface area (Å²) in [7, 11) is -1.42. The standard InChI is InChI=1S/C37H66O7Si2/c1-15-36(16-2,40-10)33(39)42-29-22-26(34(4,5)6)21-25-18-17-24(3)37(30(25)29,44-46(13)14)20-19-27-23-28(35(7,8)9)31(32(38)41-27)43-45(11)12/h17-18,21,24,26-31,45-46H,15-16,19-20,22-23H2,1-14H3/t24-,26+,27+,28-,29-,30+,31?,37-/m0/s1. The third-order valence-electron chi connectivity index (χ3n) is 11.0. The van der Waals surface area contributed by atoms with Crippen LogP contribution >= 0.6 is 0 Å². The maximum absolute atomic E-state index is 14.0. The summed E-state index contributed by atoms with van der Waals surface area (Å²) in [6, 6.07) is 0. The van der Waals surface area contributed by atoms with Crippen molar-refractivity contribution in [2.24, 2.45) is 34.5 Å². The molecule has 0 aromatic carbocycles. The Balaban J connectivity index is 2.05. The zero-order valence-electron chi connectivity index (χ0n) is 31.5. The smallest absolute Gasteiger partial charge is 0.338 e. The molecule has 8 atom stereocenters. The van der Waals surface area contributed by atoms with E-state index >= 15 is 0 Å². The van der Waals surface area contributed by atoms with Gasteiger partial charge in [-0.2, -0.15) is 0 Å². The van der Waals surface area contributed by atoms with Crippen LogP contribution in [0.5, 0.6) is 0 Å². The van der Waals surface area contributed by atoms with Crippen LogP contribution in [-0.2, 0) is 32.7 Å². The van der Waals surface area contributed by atoms with E-state index < -0.39 is 35.4 Å². The molecule has 1 heterocycles. The number of esters is 2. The molecule has 3 aliphatic rings. The minimum absolute atomic E-state index is 0.000570. The topological polar surface area (TPSA) is 80.3 Å². The Kier molecular flexibility index (Phi) is 12.9. The molecule has 46 heavy (non-hydrogen) atoms. The summed E-state index contributed by atoms with van der Waals surface area (Å²) in [6.07, 6.45) is 9.82. The largest absolute Gasteiger partial charge is 0.460 e. The van der Waals surface area contributed by atoms with Crippen molar-refractivity contribution in [3.63, 3.8) is 0 Å². The molecule has 0 N–H and O–H groups in total. The van der Waals surface area contributed by atoms with Gasteiger partial charge >= 0.3 is 11.9 Å². The van der Waals surface area contributed by atoms with Gasteiger partial charge in [-0.3, -0.25) is 0 Å². The Morgan fingerprint density at radius 1 is 1.00 bits per heavy atom. The van der Waals surface area contributed by atoms with E-state index in [2.05, 4.69) is 92.9 Å². The lowest BCUT2D eigenvalue weighted by Gasteiger charge is -2.54. The van der Waals surface area contributed by atoms with Crippen LogP contribution in [0.4, 0.5) is 0 Å². The number of ether oxygens (including phenoxy) is 3. The number of carbonyl (C=O) groups excluding carboxylic acids is 2. The van der Waals surface area contributed by atoms with Gasteiger partial charge in [0.15, 0.2) is 23.7 Å². The molecular formula is C37H66O7Si2. The minimum atomic E-state index is -1.58. The lowest BCUT2D eigenvalue weighted by Crippen LogP contribution is -2.58. The molecular weight excluding hydrogens is 613 g/mol. The molecule has 2 aliphatic carbocycles. The molecule has 9 heteroatoms. The van der Waals surface area contributed by atoms with Gasteiger partial charge in [0.25, 0.3) is 0 Å². The van der Waals surface area contributed by atoms with E-state index in [1.807, 2.05) is 13.8 Å². The Morgan fingerprint density at radius 3 is 2.13 bits per heavy atom. The van der Waals surface area contributed by atoms with Crippen LogP contribution in [0.2, 0.25) is 26.2 Å². The number of carbonyl (C=O) groups is 2. The first-order valence-corrected chi connectivity index (χ1v) is 23.5. The highest BCUT2D eigenvalue weighted by atomic mass is 28.3. The van der Waals surface area contributed by atoms with Gasteiger partial charge in [-0.15, -0.1) is 0 Å². The highest BCUT2D eigenvalue weighted by molar-refractivity contribution is 6.48. The van der Waals surface area contributed by atoms with Crippen molar-refractivity contribution in [3.8, 4) is 0 Å². The molecule has 7 nitrogen and oxygen atoms in total. The molecule has 1 fully saturated rings.